The Bertz CT molecular complexity index is 136. The molecule has 0 aromatic carbocycles. The minimum atomic E-state index is -0.504. The molecule has 4 nitrogen and oxygen atoms in total. The second kappa shape index (κ2) is 4.35. The van der Waals surface area contributed by atoms with Crippen LogP contribution in [-0.4, -0.2) is 28.0 Å². The van der Waals surface area contributed by atoms with E-state index in [1.54, 1.807) is 0 Å². The van der Waals surface area contributed by atoms with Crippen LogP contribution in [0.5, 0.6) is 0 Å². The van der Waals surface area contributed by atoms with Crippen LogP contribution in [0.15, 0.2) is 0 Å². The zero-order valence-corrected chi connectivity index (χ0v) is 8.01. The highest BCUT2D eigenvalue weighted by Crippen LogP contribution is 2.10. The van der Waals surface area contributed by atoms with Crippen LogP contribution in [0.3, 0.4) is 0 Å². The summed E-state index contributed by atoms with van der Waals surface area (Å²) in [5.41, 5.74) is 5.56. The van der Waals surface area contributed by atoms with Gasteiger partial charge in [-0.3, -0.25) is 5.41 Å². The Balaban J connectivity index is 2.09. The molecule has 0 aromatic rings. The molecule has 1 unspecified atom stereocenters. The fourth-order valence-corrected chi connectivity index (χ4v) is 2.42. The standard InChI is InChI=1S/C6H15N3OSi/c7-6(8)9-11-5-3-1-2-4-10-5/h5H,1-4,11H2,(H4,7,8,9). The Labute approximate surface area is 68.9 Å². The first kappa shape index (κ1) is 8.54. The first-order chi connectivity index (χ1) is 5.29. The molecule has 1 fully saturated rings. The van der Waals surface area contributed by atoms with E-state index in [9.17, 15) is 0 Å². The number of rotatable bonds is 2. The average Bonchev–Trinajstić information content (AvgIpc) is 2.03. The third-order valence-corrected chi connectivity index (χ3v) is 3.48. The molecular weight excluding hydrogens is 158 g/mol. The van der Waals surface area contributed by atoms with Gasteiger partial charge in [0.1, 0.15) is 0 Å². The van der Waals surface area contributed by atoms with Gasteiger partial charge in [-0.2, -0.15) is 0 Å². The molecule has 5 heteroatoms. The number of hydrogen-bond acceptors (Lipinski definition) is 2. The van der Waals surface area contributed by atoms with Gasteiger partial charge in [-0.05, 0) is 19.3 Å². The van der Waals surface area contributed by atoms with E-state index in [1.807, 2.05) is 0 Å². The Kier molecular flexibility index (Phi) is 3.38. The van der Waals surface area contributed by atoms with Crippen LogP contribution in [0.25, 0.3) is 0 Å². The molecule has 11 heavy (non-hydrogen) atoms. The molecule has 0 saturated carbocycles. The summed E-state index contributed by atoms with van der Waals surface area (Å²) in [5.74, 6) is 0.0887. The van der Waals surface area contributed by atoms with E-state index in [1.165, 1.54) is 12.8 Å². The van der Waals surface area contributed by atoms with Crippen molar-refractivity contribution in [1.29, 1.82) is 5.41 Å². The largest absolute Gasteiger partial charge is 0.386 e. The van der Waals surface area contributed by atoms with Gasteiger partial charge in [-0.15, -0.1) is 0 Å². The maximum absolute atomic E-state index is 6.96. The molecule has 0 spiro atoms. The topological polar surface area (TPSA) is 71.1 Å². The van der Waals surface area contributed by atoms with Crippen LogP contribution >= 0.6 is 0 Å². The molecule has 1 saturated heterocycles. The van der Waals surface area contributed by atoms with Crippen molar-refractivity contribution in [3.05, 3.63) is 0 Å². The van der Waals surface area contributed by atoms with Gasteiger partial charge in [-0.1, -0.05) is 0 Å². The van der Waals surface area contributed by atoms with Crippen molar-refractivity contribution in [1.82, 2.24) is 4.98 Å². The van der Waals surface area contributed by atoms with Crippen molar-refractivity contribution in [2.75, 3.05) is 6.61 Å². The molecule has 0 radical (unpaired) electrons. The fourth-order valence-electron chi connectivity index (χ4n) is 1.19. The molecule has 0 aliphatic carbocycles. The van der Waals surface area contributed by atoms with Crippen molar-refractivity contribution < 1.29 is 4.74 Å². The first-order valence-corrected chi connectivity index (χ1v) is 5.51. The summed E-state index contributed by atoms with van der Waals surface area (Å²) in [7, 11) is -0.504. The van der Waals surface area contributed by atoms with Gasteiger partial charge in [0.2, 0.25) is 0 Å². The molecule has 0 bridgehead atoms. The number of ether oxygens (including phenoxy) is 1. The second-order valence-electron chi connectivity index (χ2n) is 2.78. The smallest absolute Gasteiger partial charge is 0.177 e. The Morgan fingerprint density at radius 1 is 1.64 bits per heavy atom. The van der Waals surface area contributed by atoms with Gasteiger partial charge in [0.25, 0.3) is 0 Å². The minimum absolute atomic E-state index is 0.0887. The molecule has 1 rings (SSSR count). The number of nitrogens with two attached hydrogens (primary N) is 1. The highest BCUT2D eigenvalue weighted by Gasteiger charge is 2.13. The summed E-state index contributed by atoms with van der Waals surface area (Å²) < 4.78 is 5.48. The summed E-state index contributed by atoms with van der Waals surface area (Å²) >= 11 is 0. The van der Waals surface area contributed by atoms with Gasteiger partial charge in [0.15, 0.2) is 15.6 Å². The molecule has 0 amide bonds. The van der Waals surface area contributed by atoms with E-state index >= 15 is 0 Å². The van der Waals surface area contributed by atoms with E-state index in [0.29, 0.717) is 5.73 Å². The SMILES string of the molecule is N=C(N)N[SiH2]C1CCCCO1. The second-order valence-corrected chi connectivity index (χ2v) is 4.46. The molecule has 1 aliphatic rings. The van der Waals surface area contributed by atoms with Crippen molar-refractivity contribution in [3.8, 4) is 0 Å². The normalized spacial score (nSPS) is 25.6. The highest BCUT2D eigenvalue weighted by molar-refractivity contribution is 6.38. The lowest BCUT2D eigenvalue weighted by atomic mass is 10.2. The maximum Gasteiger partial charge on any atom is 0.177 e. The van der Waals surface area contributed by atoms with Crippen molar-refractivity contribution >= 4 is 15.6 Å². The van der Waals surface area contributed by atoms with Gasteiger partial charge in [-0.25, -0.2) is 0 Å². The molecule has 4 N–H and O–H groups in total. The summed E-state index contributed by atoms with van der Waals surface area (Å²) in [6.07, 6.45) is 3.59. The van der Waals surface area contributed by atoms with Crippen molar-refractivity contribution in [3.63, 3.8) is 0 Å². The highest BCUT2D eigenvalue weighted by atomic mass is 28.2. The molecular formula is C6H15N3OSi. The average molecular weight is 173 g/mol. The summed E-state index contributed by atoms with van der Waals surface area (Å²) in [4.78, 5) is 2.89. The van der Waals surface area contributed by atoms with Crippen LogP contribution in [0.1, 0.15) is 19.3 Å². The van der Waals surface area contributed by atoms with Crippen LogP contribution in [0, 0.1) is 5.41 Å². The van der Waals surface area contributed by atoms with Crippen LogP contribution in [0.4, 0.5) is 0 Å². The van der Waals surface area contributed by atoms with Crippen molar-refractivity contribution in [2.45, 2.75) is 25.0 Å². The van der Waals surface area contributed by atoms with Crippen molar-refractivity contribution in [2.24, 2.45) is 5.73 Å². The zero-order valence-electron chi connectivity index (χ0n) is 6.60. The monoisotopic (exact) mass is 173 g/mol. The van der Waals surface area contributed by atoms with Gasteiger partial charge >= 0.3 is 0 Å². The van der Waals surface area contributed by atoms with E-state index in [-0.39, 0.29) is 5.96 Å². The Morgan fingerprint density at radius 2 is 2.45 bits per heavy atom. The lowest BCUT2D eigenvalue weighted by molar-refractivity contribution is 0.0646. The van der Waals surface area contributed by atoms with E-state index in [2.05, 4.69) is 4.98 Å². The van der Waals surface area contributed by atoms with Gasteiger partial charge in [0, 0.05) is 6.61 Å². The number of nitrogens with one attached hydrogen (secondary N) is 2. The molecule has 0 aromatic heterocycles. The minimum Gasteiger partial charge on any atom is -0.386 e. The zero-order chi connectivity index (χ0) is 8.10. The number of hydrogen-bond donors (Lipinski definition) is 3. The fraction of sp³-hybridized carbons (Fsp3) is 0.833. The summed E-state index contributed by atoms with van der Waals surface area (Å²) in [6.45, 7) is 0.886. The maximum atomic E-state index is 6.96. The molecule has 1 aliphatic heterocycles. The Hall–Kier alpha value is -0.553. The van der Waals surface area contributed by atoms with Crippen LogP contribution in [-0.2, 0) is 4.74 Å². The van der Waals surface area contributed by atoms with E-state index in [4.69, 9.17) is 15.9 Å². The predicted octanol–water partition coefficient (Wildman–Crippen LogP) is -0.920. The van der Waals surface area contributed by atoms with Gasteiger partial charge in [0.05, 0.1) is 5.73 Å². The van der Waals surface area contributed by atoms with Crippen LogP contribution in [0.2, 0.25) is 0 Å². The summed E-state index contributed by atoms with van der Waals surface area (Å²) in [6, 6.07) is 0. The lowest BCUT2D eigenvalue weighted by Crippen LogP contribution is -2.41. The third-order valence-electron chi connectivity index (χ3n) is 1.79. The molecule has 64 valence electrons. The number of guanidine groups is 1. The van der Waals surface area contributed by atoms with Crippen LogP contribution < -0.4 is 10.7 Å². The Morgan fingerprint density at radius 3 is 3.00 bits per heavy atom. The van der Waals surface area contributed by atoms with E-state index < -0.39 is 9.68 Å². The third kappa shape index (κ3) is 3.38. The summed E-state index contributed by atoms with van der Waals surface area (Å²) in [5, 5.41) is 6.96. The lowest BCUT2D eigenvalue weighted by Gasteiger charge is -2.22. The quantitative estimate of drug-likeness (QED) is 0.287. The predicted molar refractivity (Wildman–Crippen MR) is 47.2 cm³/mol. The molecule has 1 heterocycles. The molecule has 1 atom stereocenters. The van der Waals surface area contributed by atoms with Gasteiger partial charge < -0.3 is 15.5 Å². The van der Waals surface area contributed by atoms with E-state index in [0.717, 1.165) is 13.0 Å². The first-order valence-electron chi connectivity index (χ1n) is 3.98.